The number of rotatable bonds is 6. The van der Waals surface area contributed by atoms with Crippen LogP contribution in [0.15, 0.2) is 24.3 Å². The number of amides is 1. The van der Waals surface area contributed by atoms with Gasteiger partial charge in [0.1, 0.15) is 6.04 Å². The third kappa shape index (κ3) is 3.88. The van der Waals surface area contributed by atoms with E-state index in [2.05, 4.69) is 5.32 Å². The molecule has 0 spiro atoms. The molecule has 0 radical (unpaired) electrons. The molecule has 1 amide bonds. The minimum absolute atomic E-state index is 0.0977. The number of hydrogen-bond acceptors (Lipinski definition) is 2. The zero-order valence-electron chi connectivity index (χ0n) is 13.4. The molecule has 24 heavy (non-hydrogen) atoms. The van der Waals surface area contributed by atoms with E-state index >= 15 is 0 Å². The molecule has 1 aromatic carbocycles. The van der Waals surface area contributed by atoms with Crippen molar-refractivity contribution < 1.29 is 27.9 Å². The van der Waals surface area contributed by atoms with Gasteiger partial charge in [0.25, 0.3) is 0 Å². The number of carbonyl (C=O) groups is 2. The average Bonchev–Trinajstić information content (AvgIpc) is 3.31. The summed E-state index contributed by atoms with van der Waals surface area (Å²) in [6.45, 7) is 3.52. The highest BCUT2D eigenvalue weighted by atomic mass is 19.4. The highest BCUT2D eigenvalue weighted by Crippen LogP contribution is 2.51. The lowest BCUT2D eigenvalue weighted by Gasteiger charge is -2.20. The van der Waals surface area contributed by atoms with Crippen molar-refractivity contribution >= 4 is 11.9 Å². The maximum Gasteiger partial charge on any atom is 0.416 e. The molecular formula is C17H20F3NO3. The van der Waals surface area contributed by atoms with Gasteiger partial charge in [-0.1, -0.05) is 38.5 Å². The van der Waals surface area contributed by atoms with Crippen LogP contribution in [0, 0.1) is 11.8 Å². The first-order chi connectivity index (χ1) is 11.2. The van der Waals surface area contributed by atoms with Gasteiger partial charge in [0.15, 0.2) is 0 Å². The van der Waals surface area contributed by atoms with Crippen molar-refractivity contribution in [2.24, 2.45) is 11.8 Å². The van der Waals surface area contributed by atoms with Crippen LogP contribution < -0.4 is 5.32 Å². The number of hydrogen-bond donors (Lipinski definition) is 2. The number of alkyl halides is 3. The van der Waals surface area contributed by atoms with Gasteiger partial charge in [-0.15, -0.1) is 0 Å². The summed E-state index contributed by atoms with van der Waals surface area (Å²) in [5.74, 6) is -3.02. The molecule has 4 atom stereocenters. The molecule has 1 aliphatic rings. The molecule has 0 saturated heterocycles. The van der Waals surface area contributed by atoms with Crippen molar-refractivity contribution in [2.45, 2.75) is 44.8 Å². The summed E-state index contributed by atoms with van der Waals surface area (Å²) < 4.78 is 39.2. The van der Waals surface area contributed by atoms with E-state index in [0.29, 0.717) is 12.8 Å². The molecule has 1 aliphatic carbocycles. The summed E-state index contributed by atoms with van der Waals surface area (Å²) >= 11 is 0. The van der Waals surface area contributed by atoms with E-state index in [9.17, 15) is 27.9 Å². The number of benzene rings is 1. The topological polar surface area (TPSA) is 66.4 Å². The summed E-state index contributed by atoms with van der Waals surface area (Å²) in [5.41, 5.74) is -0.637. The first-order valence-electron chi connectivity index (χ1n) is 7.86. The molecule has 0 bridgehead atoms. The van der Waals surface area contributed by atoms with Crippen molar-refractivity contribution in [1.82, 2.24) is 5.32 Å². The first-order valence-corrected chi connectivity index (χ1v) is 7.86. The quantitative estimate of drug-likeness (QED) is 0.832. The van der Waals surface area contributed by atoms with Crippen molar-refractivity contribution in [3.05, 3.63) is 35.4 Å². The fraction of sp³-hybridized carbons (Fsp3) is 0.529. The summed E-state index contributed by atoms with van der Waals surface area (Å²) in [7, 11) is 0. The van der Waals surface area contributed by atoms with E-state index in [-0.39, 0.29) is 11.5 Å². The fourth-order valence-corrected chi connectivity index (χ4v) is 2.85. The molecule has 1 fully saturated rings. The van der Waals surface area contributed by atoms with Crippen LogP contribution in [-0.4, -0.2) is 23.0 Å². The molecule has 2 rings (SSSR count). The summed E-state index contributed by atoms with van der Waals surface area (Å²) in [4.78, 5) is 23.5. The maximum atomic E-state index is 13.1. The number of nitrogens with one attached hydrogen (secondary N) is 1. The van der Waals surface area contributed by atoms with E-state index in [1.807, 2.05) is 6.92 Å². The molecule has 4 nitrogen and oxygen atoms in total. The number of carboxylic acid groups (broad SMARTS) is 1. The lowest BCUT2D eigenvalue weighted by atomic mass is 9.98. The number of halogens is 3. The molecule has 0 aromatic heterocycles. The van der Waals surface area contributed by atoms with Crippen LogP contribution in [0.4, 0.5) is 13.2 Å². The van der Waals surface area contributed by atoms with E-state index in [1.54, 1.807) is 6.92 Å². The predicted molar refractivity (Wildman–Crippen MR) is 81.3 cm³/mol. The van der Waals surface area contributed by atoms with Gasteiger partial charge in [0.05, 0.1) is 5.56 Å². The minimum Gasteiger partial charge on any atom is -0.480 e. The van der Waals surface area contributed by atoms with Gasteiger partial charge in [-0.2, -0.15) is 13.2 Å². The largest absolute Gasteiger partial charge is 0.480 e. The Bertz CT molecular complexity index is 630. The van der Waals surface area contributed by atoms with Crippen LogP contribution in [0.5, 0.6) is 0 Å². The normalized spacial score (nSPS) is 22.5. The summed E-state index contributed by atoms with van der Waals surface area (Å²) in [6.07, 6.45) is -3.60. The van der Waals surface area contributed by atoms with Crippen LogP contribution in [0.2, 0.25) is 0 Å². The molecular weight excluding hydrogens is 323 g/mol. The third-order valence-corrected chi connectivity index (χ3v) is 4.57. The minimum atomic E-state index is -4.47. The van der Waals surface area contributed by atoms with Crippen molar-refractivity contribution in [3.8, 4) is 0 Å². The van der Waals surface area contributed by atoms with Crippen molar-refractivity contribution in [3.63, 3.8) is 0 Å². The van der Waals surface area contributed by atoms with Gasteiger partial charge in [0.2, 0.25) is 5.91 Å². The Kier molecular flexibility index (Phi) is 5.20. The Morgan fingerprint density at radius 2 is 1.96 bits per heavy atom. The molecule has 1 saturated carbocycles. The Morgan fingerprint density at radius 1 is 1.33 bits per heavy atom. The summed E-state index contributed by atoms with van der Waals surface area (Å²) in [6, 6.07) is 4.18. The highest BCUT2D eigenvalue weighted by Gasteiger charge is 2.48. The lowest BCUT2D eigenvalue weighted by Crippen LogP contribution is -2.45. The molecule has 0 aliphatic heterocycles. The second kappa shape index (κ2) is 6.83. The van der Waals surface area contributed by atoms with Gasteiger partial charge >= 0.3 is 12.1 Å². The predicted octanol–water partition coefficient (Wildman–Crippen LogP) is 3.42. The Hall–Kier alpha value is -2.05. The number of carboxylic acids is 1. The Balaban J connectivity index is 2.10. The Morgan fingerprint density at radius 3 is 2.50 bits per heavy atom. The molecule has 0 heterocycles. The zero-order valence-corrected chi connectivity index (χ0v) is 13.4. The Labute approximate surface area is 138 Å². The van der Waals surface area contributed by atoms with E-state index in [0.717, 1.165) is 6.07 Å². The van der Waals surface area contributed by atoms with Gasteiger partial charge in [-0.05, 0) is 29.9 Å². The maximum absolute atomic E-state index is 13.1. The van der Waals surface area contributed by atoms with Crippen molar-refractivity contribution in [1.29, 1.82) is 0 Å². The van der Waals surface area contributed by atoms with Crippen LogP contribution in [0.3, 0.4) is 0 Å². The van der Waals surface area contributed by atoms with Crippen LogP contribution in [0.1, 0.15) is 43.7 Å². The number of carbonyl (C=O) groups excluding carboxylic acids is 1. The second-order valence-electron chi connectivity index (χ2n) is 6.24. The molecule has 2 unspecified atom stereocenters. The monoisotopic (exact) mass is 343 g/mol. The van der Waals surface area contributed by atoms with Gasteiger partial charge in [-0.3, -0.25) is 4.79 Å². The molecule has 132 valence electrons. The SMILES string of the molecule is CC[C@H](C)[C@H](NC(=O)C1CC1c1ccccc1C(F)(F)F)C(=O)O. The van der Waals surface area contributed by atoms with Crippen molar-refractivity contribution in [2.75, 3.05) is 0 Å². The van der Waals surface area contributed by atoms with E-state index in [1.165, 1.54) is 18.2 Å². The molecule has 2 N–H and O–H groups in total. The van der Waals surface area contributed by atoms with Gasteiger partial charge < -0.3 is 10.4 Å². The van der Waals surface area contributed by atoms with E-state index < -0.39 is 41.5 Å². The van der Waals surface area contributed by atoms with Crippen LogP contribution >= 0.6 is 0 Å². The average molecular weight is 343 g/mol. The summed E-state index contributed by atoms with van der Waals surface area (Å²) in [5, 5.41) is 11.7. The second-order valence-corrected chi connectivity index (χ2v) is 6.24. The van der Waals surface area contributed by atoms with Gasteiger partial charge in [0, 0.05) is 5.92 Å². The highest BCUT2D eigenvalue weighted by molar-refractivity contribution is 5.87. The standard InChI is InChI=1S/C17H20F3NO3/c1-3-9(2)14(16(23)24)21-15(22)12-8-11(12)10-6-4-5-7-13(10)17(18,19)20/h4-7,9,11-12,14H,3,8H2,1-2H3,(H,21,22)(H,23,24)/t9-,11?,12?,14-/m0/s1. The zero-order chi connectivity index (χ0) is 18.1. The molecule has 7 heteroatoms. The van der Waals surface area contributed by atoms with Crippen LogP contribution in [0.25, 0.3) is 0 Å². The first kappa shape index (κ1) is 18.3. The van der Waals surface area contributed by atoms with Gasteiger partial charge in [-0.25, -0.2) is 4.79 Å². The van der Waals surface area contributed by atoms with E-state index in [4.69, 9.17) is 0 Å². The number of aliphatic carboxylic acids is 1. The molecule has 1 aromatic rings. The smallest absolute Gasteiger partial charge is 0.416 e. The fourth-order valence-electron chi connectivity index (χ4n) is 2.85. The lowest BCUT2D eigenvalue weighted by molar-refractivity contribution is -0.143. The van der Waals surface area contributed by atoms with Crippen LogP contribution in [-0.2, 0) is 15.8 Å². The third-order valence-electron chi connectivity index (χ3n) is 4.57.